The van der Waals surface area contributed by atoms with Gasteiger partial charge < -0.3 is 11.3 Å². The Morgan fingerprint density at radius 2 is 2.50 bits per heavy atom. The minimum atomic E-state index is -0.995. The monoisotopic (exact) mass is 152 g/mol. The smallest absolute Gasteiger partial charge is 1.00 e. The molecule has 0 saturated carbocycles. The minimum Gasteiger partial charge on any atom is -1.00 e. The first kappa shape index (κ1) is 12.6. The fraction of sp³-hybridized carbons (Fsp3) is 0.500. The number of rotatable bonds is 3. The third kappa shape index (κ3) is 6.12. The largest absolute Gasteiger partial charge is 1.00 e. The van der Waals surface area contributed by atoms with Gasteiger partial charge in [-0.25, -0.2) is 4.79 Å². The molecule has 0 radical (unpaired) electrons. The molecule has 52 valence electrons. The van der Waals surface area contributed by atoms with E-state index < -0.39 is 12.1 Å². The molecular formula is C6H9NaO3. The van der Waals surface area contributed by atoms with Crippen molar-refractivity contribution in [2.75, 3.05) is 6.61 Å². The van der Waals surface area contributed by atoms with Crippen molar-refractivity contribution in [2.45, 2.75) is 13.0 Å². The fourth-order valence-electron chi connectivity index (χ4n) is 0.244. The Balaban J connectivity index is -0.000000320. The quantitative estimate of drug-likeness (QED) is 0.351. The molecule has 0 saturated heterocycles. The van der Waals surface area contributed by atoms with Gasteiger partial charge in [0.15, 0.2) is 6.10 Å². The van der Waals surface area contributed by atoms with Crippen LogP contribution in [0.5, 0.6) is 0 Å². The van der Waals surface area contributed by atoms with Crippen LogP contribution < -0.4 is 29.6 Å². The normalized spacial score (nSPS) is 10.8. The number of carboxylic acids is 1. The molecule has 0 aromatic rings. The van der Waals surface area contributed by atoms with Gasteiger partial charge >= 0.3 is 35.5 Å². The van der Waals surface area contributed by atoms with Crippen molar-refractivity contribution in [1.29, 1.82) is 0 Å². The molecule has 0 aliphatic heterocycles. The summed E-state index contributed by atoms with van der Waals surface area (Å²) in [5.74, 6) is 1.17. The van der Waals surface area contributed by atoms with Crippen molar-refractivity contribution in [3.8, 4) is 12.3 Å². The number of ether oxygens (including phenoxy) is 1. The molecule has 0 rings (SSSR count). The zero-order valence-electron chi connectivity index (χ0n) is 7.13. The van der Waals surface area contributed by atoms with E-state index >= 15 is 0 Å². The number of aliphatic carboxylic acids is 1. The van der Waals surface area contributed by atoms with E-state index in [0.717, 1.165) is 0 Å². The Labute approximate surface area is 83.5 Å². The van der Waals surface area contributed by atoms with Gasteiger partial charge in [-0.1, -0.05) is 5.92 Å². The van der Waals surface area contributed by atoms with E-state index in [1.807, 2.05) is 0 Å². The summed E-state index contributed by atoms with van der Waals surface area (Å²) >= 11 is 0. The van der Waals surface area contributed by atoms with Crippen LogP contribution >= 0.6 is 0 Å². The molecule has 0 aromatic carbocycles. The zero-order valence-corrected chi connectivity index (χ0v) is 8.13. The van der Waals surface area contributed by atoms with Crippen LogP contribution in [0.1, 0.15) is 8.35 Å². The van der Waals surface area contributed by atoms with Crippen LogP contribution in [0, 0.1) is 12.3 Å². The fourth-order valence-corrected chi connectivity index (χ4v) is 0.244. The van der Waals surface area contributed by atoms with E-state index in [1.54, 1.807) is 0 Å². The molecule has 0 aromatic heterocycles. The van der Waals surface area contributed by atoms with Gasteiger partial charge in [0.05, 0.1) is 0 Å². The van der Waals surface area contributed by atoms with Crippen LogP contribution in [0.4, 0.5) is 0 Å². The Morgan fingerprint density at radius 1 is 2.00 bits per heavy atom. The molecule has 3 nitrogen and oxygen atoms in total. The van der Waals surface area contributed by atoms with Gasteiger partial charge in [0.1, 0.15) is 6.61 Å². The van der Waals surface area contributed by atoms with Crippen molar-refractivity contribution in [1.82, 2.24) is 0 Å². The summed E-state index contributed by atoms with van der Waals surface area (Å²) in [6.45, 7) is 1.48. The number of hydrogen-bond donors (Lipinski definition) is 1. The molecule has 1 N–H and O–H groups in total. The maximum absolute atomic E-state index is 10.0. The Hall–Kier alpha value is -0.0100. The van der Waals surface area contributed by atoms with Gasteiger partial charge in [-0.2, -0.15) is 0 Å². The number of hydrogen-bond acceptors (Lipinski definition) is 2. The third-order valence-electron chi connectivity index (χ3n) is 0.764. The predicted molar refractivity (Wildman–Crippen MR) is 33.0 cm³/mol. The maximum Gasteiger partial charge on any atom is 1.00 e. The number of carbonyl (C=O) groups is 1. The molecule has 1 atom stereocenters. The first-order valence-electron chi connectivity index (χ1n) is 2.46. The Morgan fingerprint density at radius 3 is 2.80 bits per heavy atom. The molecule has 0 fully saturated rings. The van der Waals surface area contributed by atoms with E-state index in [9.17, 15) is 4.79 Å². The molecule has 4 heteroatoms. The van der Waals surface area contributed by atoms with E-state index in [1.165, 1.54) is 6.92 Å². The Kier molecular flexibility index (Phi) is 8.98. The van der Waals surface area contributed by atoms with Crippen LogP contribution in [0.3, 0.4) is 0 Å². The van der Waals surface area contributed by atoms with Gasteiger partial charge in [0.2, 0.25) is 0 Å². The molecule has 0 heterocycles. The van der Waals surface area contributed by atoms with E-state index in [-0.39, 0.29) is 37.6 Å². The summed E-state index contributed by atoms with van der Waals surface area (Å²) in [5, 5.41) is 8.22. The maximum atomic E-state index is 10.0. The molecule has 0 bridgehead atoms. The van der Waals surface area contributed by atoms with Crippen LogP contribution in [0.25, 0.3) is 0 Å². The summed E-state index contributed by atoms with van der Waals surface area (Å²) in [4.78, 5) is 10.0. The number of carboxylic acid groups (broad SMARTS) is 1. The first-order valence-corrected chi connectivity index (χ1v) is 2.46. The van der Waals surface area contributed by atoms with Crippen LogP contribution in [-0.4, -0.2) is 23.8 Å². The predicted octanol–water partition coefficient (Wildman–Crippen LogP) is -2.77. The van der Waals surface area contributed by atoms with Gasteiger partial charge in [-0.15, -0.1) is 6.42 Å². The summed E-state index contributed by atoms with van der Waals surface area (Å²) in [6, 6.07) is 0. The van der Waals surface area contributed by atoms with Crippen LogP contribution in [-0.2, 0) is 9.53 Å². The second kappa shape index (κ2) is 7.10. The van der Waals surface area contributed by atoms with E-state index in [4.69, 9.17) is 11.5 Å². The summed E-state index contributed by atoms with van der Waals surface area (Å²) in [6.07, 6.45) is 4.00. The first-order chi connectivity index (χ1) is 4.18. The topological polar surface area (TPSA) is 46.5 Å². The standard InChI is InChI=1S/C6H8O3.Na.H/c1-3-4-9-5(2)6(7)8;;/h1,5H,4H2,2H3,(H,7,8);;/q;+1;-1. The van der Waals surface area contributed by atoms with Crippen LogP contribution in [0.2, 0.25) is 0 Å². The van der Waals surface area contributed by atoms with Gasteiger partial charge in [0, 0.05) is 0 Å². The molecule has 0 aliphatic rings. The van der Waals surface area contributed by atoms with Crippen molar-refractivity contribution < 1.29 is 45.6 Å². The molecular weight excluding hydrogens is 143 g/mol. The SMILES string of the molecule is C#CCOC(C)C(=O)O.[H-].[Na+]. The minimum absolute atomic E-state index is 0. The molecule has 10 heavy (non-hydrogen) atoms. The van der Waals surface area contributed by atoms with E-state index in [2.05, 4.69) is 10.7 Å². The second-order valence-electron chi connectivity index (χ2n) is 1.50. The van der Waals surface area contributed by atoms with Crippen LogP contribution in [0.15, 0.2) is 0 Å². The Bertz CT molecular complexity index is 143. The van der Waals surface area contributed by atoms with E-state index in [0.29, 0.717) is 0 Å². The molecule has 0 aliphatic carbocycles. The van der Waals surface area contributed by atoms with Crippen molar-refractivity contribution in [3.05, 3.63) is 0 Å². The average molecular weight is 152 g/mol. The van der Waals surface area contributed by atoms with Crippen molar-refractivity contribution in [2.24, 2.45) is 0 Å². The van der Waals surface area contributed by atoms with Gasteiger partial charge in [-0.3, -0.25) is 0 Å². The zero-order chi connectivity index (χ0) is 7.28. The second-order valence-corrected chi connectivity index (χ2v) is 1.50. The summed E-state index contributed by atoms with van der Waals surface area (Å²) in [7, 11) is 0. The number of terminal acetylenes is 1. The van der Waals surface area contributed by atoms with Gasteiger partial charge in [0.25, 0.3) is 0 Å². The third-order valence-corrected chi connectivity index (χ3v) is 0.764. The molecule has 1 unspecified atom stereocenters. The summed E-state index contributed by atoms with van der Waals surface area (Å²) < 4.78 is 4.62. The van der Waals surface area contributed by atoms with Gasteiger partial charge in [-0.05, 0) is 6.92 Å². The summed E-state index contributed by atoms with van der Waals surface area (Å²) in [5.41, 5.74) is 0. The van der Waals surface area contributed by atoms with Crippen molar-refractivity contribution >= 4 is 5.97 Å². The molecule has 0 spiro atoms. The van der Waals surface area contributed by atoms with Crippen molar-refractivity contribution in [3.63, 3.8) is 0 Å². The molecule has 0 amide bonds. The average Bonchev–Trinajstić information content (AvgIpc) is 1.82.